The average Bonchev–Trinajstić information content (AvgIpc) is 2.41. The highest BCUT2D eigenvalue weighted by Crippen LogP contribution is 2.13. The maximum atomic E-state index is 10.6. The fourth-order valence-corrected chi connectivity index (χ4v) is 1.74. The van der Waals surface area contributed by atoms with Gasteiger partial charge in [0.15, 0.2) is 0 Å². The molecule has 2 aromatic rings. The van der Waals surface area contributed by atoms with Gasteiger partial charge in [0, 0.05) is 6.20 Å². The molecule has 0 saturated heterocycles. The SMILES string of the molecule is Cc1nc(C)n2cc(CC(=O)O)ccc12. The number of aromatic nitrogens is 2. The second kappa shape index (κ2) is 3.38. The van der Waals surface area contributed by atoms with Crippen LogP contribution in [0.5, 0.6) is 0 Å². The molecule has 0 aliphatic heterocycles. The molecule has 0 aliphatic carbocycles. The Labute approximate surface area is 87.2 Å². The molecule has 0 atom stereocenters. The van der Waals surface area contributed by atoms with Crippen LogP contribution in [0.15, 0.2) is 18.3 Å². The standard InChI is InChI=1S/C11H12N2O2/c1-7-10-4-3-9(5-11(14)15)6-13(10)8(2)12-7/h3-4,6H,5H2,1-2H3,(H,14,15). The van der Waals surface area contributed by atoms with Gasteiger partial charge in [-0.15, -0.1) is 0 Å². The van der Waals surface area contributed by atoms with Crippen molar-refractivity contribution in [2.24, 2.45) is 0 Å². The third-order valence-electron chi connectivity index (χ3n) is 2.41. The van der Waals surface area contributed by atoms with E-state index in [0.29, 0.717) is 0 Å². The number of hydrogen-bond donors (Lipinski definition) is 1. The topological polar surface area (TPSA) is 54.6 Å². The first-order chi connectivity index (χ1) is 7.08. The second-order valence-corrected chi connectivity index (χ2v) is 3.61. The van der Waals surface area contributed by atoms with Crippen molar-refractivity contribution in [3.8, 4) is 0 Å². The number of imidazole rings is 1. The summed E-state index contributed by atoms with van der Waals surface area (Å²) in [6.07, 6.45) is 1.88. The van der Waals surface area contributed by atoms with E-state index in [9.17, 15) is 4.79 Å². The van der Waals surface area contributed by atoms with Crippen LogP contribution in [-0.4, -0.2) is 20.5 Å². The van der Waals surface area contributed by atoms with Crippen LogP contribution >= 0.6 is 0 Å². The molecule has 4 nitrogen and oxygen atoms in total. The van der Waals surface area contributed by atoms with Crippen molar-refractivity contribution in [1.29, 1.82) is 0 Å². The second-order valence-electron chi connectivity index (χ2n) is 3.61. The Morgan fingerprint density at radius 3 is 2.87 bits per heavy atom. The Kier molecular flexibility index (Phi) is 2.19. The molecule has 0 amide bonds. The molecule has 0 aromatic carbocycles. The van der Waals surface area contributed by atoms with E-state index in [1.807, 2.05) is 36.6 Å². The van der Waals surface area contributed by atoms with Crippen molar-refractivity contribution in [2.75, 3.05) is 0 Å². The third-order valence-corrected chi connectivity index (χ3v) is 2.41. The number of aliphatic carboxylic acids is 1. The molecule has 78 valence electrons. The summed E-state index contributed by atoms with van der Waals surface area (Å²) in [4.78, 5) is 14.9. The highest BCUT2D eigenvalue weighted by atomic mass is 16.4. The molecule has 0 radical (unpaired) electrons. The number of fused-ring (bicyclic) bond motifs is 1. The lowest BCUT2D eigenvalue weighted by Gasteiger charge is -2.00. The van der Waals surface area contributed by atoms with Gasteiger partial charge in [0.05, 0.1) is 17.6 Å². The molecule has 4 heteroatoms. The zero-order valence-electron chi connectivity index (χ0n) is 8.69. The highest BCUT2D eigenvalue weighted by molar-refractivity contribution is 5.70. The molecule has 2 rings (SSSR count). The fourth-order valence-electron chi connectivity index (χ4n) is 1.74. The number of carboxylic acid groups (broad SMARTS) is 1. The minimum absolute atomic E-state index is 0.0482. The van der Waals surface area contributed by atoms with Gasteiger partial charge in [-0.1, -0.05) is 6.07 Å². The Balaban J connectivity index is 2.55. The number of rotatable bonds is 2. The van der Waals surface area contributed by atoms with E-state index in [1.54, 1.807) is 0 Å². The summed E-state index contributed by atoms with van der Waals surface area (Å²) in [7, 11) is 0. The van der Waals surface area contributed by atoms with Crippen LogP contribution in [-0.2, 0) is 11.2 Å². The van der Waals surface area contributed by atoms with Crippen LogP contribution < -0.4 is 0 Å². The predicted molar refractivity (Wildman–Crippen MR) is 56.0 cm³/mol. The Bertz CT molecular complexity index is 529. The van der Waals surface area contributed by atoms with E-state index in [-0.39, 0.29) is 6.42 Å². The molecule has 1 N–H and O–H groups in total. The van der Waals surface area contributed by atoms with E-state index < -0.39 is 5.97 Å². The number of carbonyl (C=O) groups is 1. The van der Waals surface area contributed by atoms with Crippen molar-refractivity contribution < 1.29 is 9.90 Å². The zero-order valence-corrected chi connectivity index (χ0v) is 8.69. The van der Waals surface area contributed by atoms with Gasteiger partial charge in [-0.05, 0) is 25.5 Å². The number of pyridine rings is 1. The molecule has 2 heterocycles. The van der Waals surface area contributed by atoms with Crippen molar-refractivity contribution in [3.63, 3.8) is 0 Å². The number of carboxylic acids is 1. The Morgan fingerprint density at radius 2 is 2.20 bits per heavy atom. The normalized spacial score (nSPS) is 10.8. The van der Waals surface area contributed by atoms with Crippen LogP contribution in [0, 0.1) is 13.8 Å². The van der Waals surface area contributed by atoms with Gasteiger partial charge in [0.2, 0.25) is 0 Å². The summed E-state index contributed by atoms with van der Waals surface area (Å²) in [5.74, 6) is 0.0681. The van der Waals surface area contributed by atoms with Gasteiger partial charge in [-0.25, -0.2) is 4.98 Å². The summed E-state index contributed by atoms with van der Waals surface area (Å²) in [6.45, 7) is 3.85. The lowest BCUT2D eigenvalue weighted by Crippen LogP contribution is -2.01. The summed E-state index contributed by atoms with van der Waals surface area (Å²) in [6, 6.07) is 3.74. The Morgan fingerprint density at radius 1 is 1.47 bits per heavy atom. The van der Waals surface area contributed by atoms with Crippen LogP contribution in [0.3, 0.4) is 0 Å². The van der Waals surface area contributed by atoms with Crippen LogP contribution in [0.2, 0.25) is 0 Å². The van der Waals surface area contributed by atoms with E-state index >= 15 is 0 Å². The lowest BCUT2D eigenvalue weighted by molar-refractivity contribution is -0.136. The largest absolute Gasteiger partial charge is 0.481 e. The summed E-state index contributed by atoms with van der Waals surface area (Å²) >= 11 is 0. The molecule has 0 aliphatic rings. The molecule has 2 aromatic heterocycles. The van der Waals surface area contributed by atoms with Crippen molar-refractivity contribution in [1.82, 2.24) is 9.38 Å². The molecule has 0 saturated carbocycles. The van der Waals surface area contributed by atoms with Crippen molar-refractivity contribution in [3.05, 3.63) is 35.4 Å². The van der Waals surface area contributed by atoms with E-state index in [2.05, 4.69) is 4.98 Å². The molecule has 0 spiro atoms. The van der Waals surface area contributed by atoms with E-state index in [4.69, 9.17) is 5.11 Å². The molecule has 0 unspecified atom stereocenters. The molecular formula is C11H12N2O2. The lowest BCUT2D eigenvalue weighted by atomic mass is 10.2. The van der Waals surface area contributed by atoms with E-state index in [1.165, 1.54) is 0 Å². The monoisotopic (exact) mass is 204 g/mol. The van der Waals surface area contributed by atoms with Crippen LogP contribution in [0.4, 0.5) is 0 Å². The number of nitrogens with zero attached hydrogens (tertiary/aromatic N) is 2. The smallest absolute Gasteiger partial charge is 0.307 e. The molecule has 15 heavy (non-hydrogen) atoms. The molecule has 0 bridgehead atoms. The van der Waals surface area contributed by atoms with Gasteiger partial charge in [0.1, 0.15) is 5.82 Å². The van der Waals surface area contributed by atoms with Gasteiger partial charge in [-0.2, -0.15) is 0 Å². The van der Waals surface area contributed by atoms with Gasteiger partial charge >= 0.3 is 5.97 Å². The van der Waals surface area contributed by atoms with Crippen molar-refractivity contribution >= 4 is 11.5 Å². The Hall–Kier alpha value is -1.84. The first-order valence-corrected chi connectivity index (χ1v) is 4.74. The minimum Gasteiger partial charge on any atom is -0.481 e. The zero-order chi connectivity index (χ0) is 11.0. The summed E-state index contributed by atoms with van der Waals surface area (Å²) in [5.41, 5.74) is 2.78. The predicted octanol–water partition coefficient (Wildman–Crippen LogP) is 1.58. The first kappa shape index (κ1) is 9.71. The van der Waals surface area contributed by atoms with Gasteiger partial charge < -0.3 is 9.51 Å². The summed E-state index contributed by atoms with van der Waals surface area (Å²) in [5, 5.41) is 8.69. The highest BCUT2D eigenvalue weighted by Gasteiger charge is 2.06. The van der Waals surface area contributed by atoms with Crippen molar-refractivity contribution in [2.45, 2.75) is 20.3 Å². The molecular weight excluding hydrogens is 192 g/mol. The van der Waals surface area contributed by atoms with Gasteiger partial charge in [-0.3, -0.25) is 4.79 Å². The number of hydrogen-bond acceptors (Lipinski definition) is 2. The van der Waals surface area contributed by atoms with E-state index in [0.717, 1.165) is 22.6 Å². The van der Waals surface area contributed by atoms with Crippen LogP contribution in [0.25, 0.3) is 5.52 Å². The van der Waals surface area contributed by atoms with Gasteiger partial charge in [0.25, 0.3) is 0 Å². The van der Waals surface area contributed by atoms with Crippen LogP contribution in [0.1, 0.15) is 17.1 Å². The summed E-state index contributed by atoms with van der Waals surface area (Å²) < 4.78 is 1.92. The average molecular weight is 204 g/mol. The maximum absolute atomic E-state index is 10.6. The number of aryl methyl sites for hydroxylation is 2. The molecule has 0 fully saturated rings. The fraction of sp³-hybridized carbons (Fsp3) is 0.273. The minimum atomic E-state index is -0.816. The quantitative estimate of drug-likeness (QED) is 0.808. The maximum Gasteiger partial charge on any atom is 0.307 e. The third kappa shape index (κ3) is 1.70. The first-order valence-electron chi connectivity index (χ1n) is 4.74.